The van der Waals surface area contributed by atoms with Crippen LogP contribution < -0.4 is 4.90 Å². The molecule has 37 heavy (non-hydrogen) atoms. The van der Waals surface area contributed by atoms with Gasteiger partial charge in [0.05, 0.1) is 12.1 Å². The largest absolute Gasteiger partial charge is 0.373 e. The maximum absolute atomic E-state index is 13.4. The maximum Gasteiger partial charge on any atom is 0.373 e. The number of pyridine rings is 1. The average molecular weight is 492 g/mol. The molecule has 1 amide bonds. The van der Waals surface area contributed by atoms with Gasteiger partial charge in [0.2, 0.25) is 0 Å². The van der Waals surface area contributed by atoms with Crippen molar-refractivity contribution >= 4 is 28.8 Å². The van der Waals surface area contributed by atoms with E-state index in [0.29, 0.717) is 35.3 Å². The minimum Gasteiger partial charge on any atom is -0.310 e. The van der Waals surface area contributed by atoms with Crippen LogP contribution in [0.15, 0.2) is 73.2 Å². The summed E-state index contributed by atoms with van der Waals surface area (Å²) in [6.07, 6.45) is 3.76. The van der Waals surface area contributed by atoms with Crippen LogP contribution in [-0.4, -0.2) is 41.8 Å². The van der Waals surface area contributed by atoms with Crippen molar-refractivity contribution in [1.82, 2.24) is 29.7 Å². The standard InChI is InChI=1S/C26H21N7O.CO2/c1-16(2)33-15-28-31-25(33)22-8-5-9-23(29-22)32-14-19-11-10-17(12-20(19)26(32)34)24-27-13-18-6-3-4-7-21(18)30-24;2-1-3/h3-13,15-16H,14H2,1-2H3;. The molecular weight excluding hydrogens is 470 g/mol. The van der Waals surface area contributed by atoms with E-state index in [4.69, 9.17) is 14.6 Å². The molecule has 0 aliphatic carbocycles. The summed E-state index contributed by atoms with van der Waals surface area (Å²) in [4.78, 5) is 45.2. The molecule has 0 spiro atoms. The molecule has 6 rings (SSSR count). The number of rotatable bonds is 4. The number of nitrogens with zero attached hydrogens (tertiary/aromatic N) is 7. The van der Waals surface area contributed by atoms with E-state index in [1.165, 1.54) is 0 Å². The van der Waals surface area contributed by atoms with E-state index < -0.39 is 0 Å². The number of fused-ring (bicyclic) bond motifs is 2. The van der Waals surface area contributed by atoms with Crippen molar-refractivity contribution in [2.45, 2.75) is 26.4 Å². The number of anilines is 1. The second-order valence-electron chi connectivity index (χ2n) is 8.64. The number of amides is 1. The monoisotopic (exact) mass is 491 g/mol. The van der Waals surface area contributed by atoms with Gasteiger partial charge >= 0.3 is 6.15 Å². The highest BCUT2D eigenvalue weighted by Gasteiger charge is 2.30. The Kier molecular flexibility index (Phi) is 6.32. The smallest absolute Gasteiger partial charge is 0.310 e. The molecule has 0 bridgehead atoms. The SMILES string of the molecule is CC(C)n1cnnc1-c1cccc(N2Cc3ccc(-c4ncc5ccccc5n4)cc3C2=O)n1.O=C=O. The highest BCUT2D eigenvalue weighted by molar-refractivity contribution is 6.10. The van der Waals surface area contributed by atoms with Gasteiger partial charge in [-0.05, 0) is 43.7 Å². The molecule has 0 atom stereocenters. The van der Waals surface area contributed by atoms with Crippen LogP contribution in [0.5, 0.6) is 0 Å². The van der Waals surface area contributed by atoms with E-state index in [0.717, 1.165) is 22.0 Å². The summed E-state index contributed by atoms with van der Waals surface area (Å²) in [5.41, 5.74) is 3.96. The minimum absolute atomic E-state index is 0.0902. The molecule has 10 heteroatoms. The molecular formula is C27H21N7O3. The molecule has 0 N–H and O–H groups in total. The van der Waals surface area contributed by atoms with Crippen molar-refractivity contribution in [3.8, 4) is 22.9 Å². The number of carbonyl (C=O) groups excluding carboxylic acids is 3. The molecule has 0 saturated heterocycles. The van der Waals surface area contributed by atoms with Crippen molar-refractivity contribution in [2.24, 2.45) is 0 Å². The van der Waals surface area contributed by atoms with Gasteiger partial charge in [-0.2, -0.15) is 9.59 Å². The maximum atomic E-state index is 13.4. The first-order valence-corrected chi connectivity index (χ1v) is 11.5. The van der Waals surface area contributed by atoms with Gasteiger partial charge in [-0.15, -0.1) is 10.2 Å². The molecule has 1 aliphatic heterocycles. The third kappa shape index (κ3) is 4.49. The Balaban J connectivity index is 0.000000892. The lowest BCUT2D eigenvalue weighted by Crippen LogP contribution is -2.24. The van der Waals surface area contributed by atoms with Gasteiger partial charge < -0.3 is 4.57 Å². The van der Waals surface area contributed by atoms with Gasteiger partial charge in [-0.25, -0.2) is 15.0 Å². The van der Waals surface area contributed by atoms with Gasteiger partial charge in [0, 0.05) is 28.8 Å². The van der Waals surface area contributed by atoms with Crippen LogP contribution in [0.25, 0.3) is 33.8 Å². The third-order valence-electron chi connectivity index (χ3n) is 6.03. The number of hydrogen-bond donors (Lipinski definition) is 0. The zero-order valence-corrected chi connectivity index (χ0v) is 20.1. The second-order valence-corrected chi connectivity index (χ2v) is 8.64. The summed E-state index contributed by atoms with van der Waals surface area (Å²) >= 11 is 0. The molecule has 0 fully saturated rings. The first-order chi connectivity index (χ1) is 18.0. The Labute approximate surface area is 211 Å². The van der Waals surface area contributed by atoms with Crippen molar-refractivity contribution in [1.29, 1.82) is 0 Å². The molecule has 2 aromatic carbocycles. The van der Waals surface area contributed by atoms with Gasteiger partial charge in [0.15, 0.2) is 11.6 Å². The number of benzene rings is 2. The van der Waals surface area contributed by atoms with Crippen molar-refractivity contribution in [2.75, 3.05) is 4.90 Å². The number of hydrogen-bond acceptors (Lipinski definition) is 8. The molecule has 5 aromatic rings. The second kappa shape index (κ2) is 9.88. The van der Waals surface area contributed by atoms with Gasteiger partial charge in [0.1, 0.15) is 17.8 Å². The Morgan fingerprint density at radius 2 is 1.78 bits per heavy atom. The molecule has 1 aliphatic rings. The molecule has 0 saturated carbocycles. The fourth-order valence-electron chi connectivity index (χ4n) is 4.24. The quantitative estimate of drug-likeness (QED) is 0.368. The van der Waals surface area contributed by atoms with Crippen LogP contribution in [0, 0.1) is 0 Å². The summed E-state index contributed by atoms with van der Waals surface area (Å²) in [5.74, 6) is 1.77. The molecule has 182 valence electrons. The van der Waals surface area contributed by atoms with Crippen molar-refractivity contribution in [3.05, 3.63) is 84.3 Å². The summed E-state index contributed by atoms with van der Waals surface area (Å²) < 4.78 is 1.96. The molecule has 0 radical (unpaired) electrons. The summed E-state index contributed by atoms with van der Waals surface area (Å²) in [5, 5.41) is 9.25. The van der Waals surface area contributed by atoms with E-state index in [2.05, 4.69) is 34.0 Å². The fourth-order valence-corrected chi connectivity index (χ4v) is 4.24. The number of carbonyl (C=O) groups is 1. The predicted octanol–water partition coefficient (Wildman–Crippen LogP) is 4.11. The lowest BCUT2D eigenvalue weighted by molar-refractivity contribution is -0.191. The zero-order valence-electron chi connectivity index (χ0n) is 20.1. The first kappa shape index (κ1) is 23.7. The molecule has 10 nitrogen and oxygen atoms in total. The minimum atomic E-state index is -0.0902. The molecule has 0 unspecified atom stereocenters. The average Bonchev–Trinajstić information content (AvgIpc) is 3.54. The number of para-hydroxylation sites is 1. The van der Waals surface area contributed by atoms with Gasteiger partial charge in [0.25, 0.3) is 5.91 Å². The lowest BCUT2D eigenvalue weighted by Gasteiger charge is -2.16. The Bertz CT molecular complexity index is 1660. The van der Waals surface area contributed by atoms with Crippen LogP contribution in [0.1, 0.15) is 35.8 Å². The Morgan fingerprint density at radius 1 is 0.973 bits per heavy atom. The zero-order chi connectivity index (χ0) is 25.9. The highest BCUT2D eigenvalue weighted by Crippen LogP contribution is 2.31. The Morgan fingerprint density at radius 3 is 2.59 bits per heavy atom. The van der Waals surface area contributed by atoms with Crippen LogP contribution in [0.4, 0.5) is 5.82 Å². The topological polar surface area (TPSA) is 124 Å². The van der Waals surface area contributed by atoms with Crippen LogP contribution in [-0.2, 0) is 16.1 Å². The molecule has 3 aromatic heterocycles. The summed E-state index contributed by atoms with van der Waals surface area (Å²) in [6.45, 7) is 4.59. The van der Waals surface area contributed by atoms with Crippen LogP contribution >= 0.6 is 0 Å². The predicted molar refractivity (Wildman–Crippen MR) is 134 cm³/mol. The molecule has 4 heterocycles. The van der Waals surface area contributed by atoms with E-state index in [1.54, 1.807) is 11.2 Å². The number of aromatic nitrogens is 6. The van der Waals surface area contributed by atoms with Crippen LogP contribution in [0.2, 0.25) is 0 Å². The van der Waals surface area contributed by atoms with E-state index in [9.17, 15) is 4.79 Å². The van der Waals surface area contributed by atoms with E-state index >= 15 is 0 Å². The normalized spacial score (nSPS) is 12.3. The van der Waals surface area contributed by atoms with Crippen molar-refractivity contribution < 1.29 is 14.4 Å². The highest BCUT2D eigenvalue weighted by atomic mass is 16.2. The fraction of sp³-hybridized carbons (Fsp3) is 0.148. The van der Waals surface area contributed by atoms with E-state index in [1.807, 2.05) is 71.4 Å². The van der Waals surface area contributed by atoms with Crippen LogP contribution in [0.3, 0.4) is 0 Å². The summed E-state index contributed by atoms with van der Waals surface area (Å²) in [7, 11) is 0. The first-order valence-electron chi connectivity index (χ1n) is 11.5. The third-order valence-corrected chi connectivity index (χ3v) is 6.03. The van der Waals surface area contributed by atoms with Crippen molar-refractivity contribution in [3.63, 3.8) is 0 Å². The summed E-state index contributed by atoms with van der Waals surface area (Å²) in [6, 6.07) is 19.5. The van der Waals surface area contributed by atoms with Gasteiger partial charge in [-0.3, -0.25) is 9.69 Å². The Hall–Kier alpha value is -5.08. The van der Waals surface area contributed by atoms with Gasteiger partial charge in [-0.1, -0.05) is 36.4 Å². The lowest BCUT2D eigenvalue weighted by atomic mass is 10.1. The van der Waals surface area contributed by atoms with E-state index in [-0.39, 0.29) is 18.1 Å².